The maximum atomic E-state index is 12.2. The molecule has 0 bridgehead atoms. The molecule has 1 aromatic carbocycles. The van der Waals surface area contributed by atoms with Gasteiger partial charge in [-0.2, -0.15) is 0 Å². The Balaban J connectivity index is 0.00000338. The molecule has 2 rings (SSSR count). The maximum absolute atomic E-state index is 12.2. The molecule has 3 N–H and O–H groups in total. The number of halogens is 2. The topological polar surface area (TPSA) is 91.8 Å². The van der Waals surface area contributed by atoms with Gasteiger partial charge in [0.1, 0.15) is 0 Å². The van der Waals surface area contributed by atoms with Crippen molar-refractivity contribution in [1.29, 1.82) is 0 Å². The van der Waals surface area contributed by atoms with E-state index in [1.807, 2.05) is 6.92 Å². The van der Waals surface area contributed by atoms with Crippen molar-refractivity contribution in [2.75, 3.05) is 32.8 Å². The fourth-order valence-corrected chi connectivity index (χ4v) is 3.74. The highest BCUT2D eigenvalue weighted by Gasteiger charge is 2.15. The predicted octanol–water partition coefficient (Wildman–Crippen LogP) is 1.97. The number of guanidine groups is 1. The van der Waals surface area contributed by atoms with E-state index in [4.69, 9.17) is 16.3 Å². The minimum absolute atomic E-state index is 0. The van der Waals surface area contributed by atoms with Gasteiger partial charge in [-0.3, -0.25) is 4.99 Å². The summed E-state index contributed by atoms with van der Waals surface area (Å²) in [6, 6.07) is 6.17. The number of sulfonamides is 1. The number of nitrogens with zero attached hydrogens (tertiary/aromatic N) is 1. The average molecular weight is 517 g/mol. The molecule has 10 heteroatoms. The summed E-state index contributed by atoms with van der Waals surface area (Å²) in [6.07, 6.45) is 2.29. The van der Waals surface area contributed by atoms with Crippen molar-refractivity contribution in [2.45, 2.75) is 30.8 Å². The number of rotatable bonds is 8. The van der Waals surface area contributed by atoms with E-state index in [0.29, 0.717) is 24.1 Å². The molecule has 1 unspecified atom stereocenters. The van der Waals surface area contributed by atoms with E-state index in [1.54, 1.807) is 12.1 Å². The third-order valence-corrected chi connectivity index (χ3v) is 5.33. The molecule has 1 aromatic rings. The number of nitrogens with one attached hydrogen (secondary N) is 3. The lowest BCUT2D eigenvalue weighted by atomic mass is 10.2. The lowest BCUT2D eigenvalue weighted by Crippen LogP contribution is -2.42. The van der Waals surface area contributed by atoms with Crippen LogP contribution < -0.4 is 15.4 Å². The normalized spacial score (nSPS) is 17.6. The van der Waals surface area contributed by atoms with E-state index in [-0.39, 0.29) is 41.5 Å². The van der Waals surface area contributed by atoms with Crippen LogP contribution in [0.5, 0.6) is 0 Å². The monoisotopic (exact) mass is 516 g/mol. The van der Waals surface area contributed by atoms with Gasteiger partial charge >= 0.3 is 0 Å². The van der Waals surface area contributed by atoms with Crippen LogP contribution in [-0.2, 0) is 14.8 Å². The van der Waals surface area contributed by atoms with Gasteiger partial charge in [-0.05, 0) is 38.0 Å². The Hall–Kier alpha value is -0.620. The molecule has 0 radical (unpaired) electrons. The minimum Gasteiger partial charge on any atom is -0.376 e. The first-order valence-electron chi connectivity index (χ1n) is 8.40. The van der Waals surface area contributed by atoms with Gasteiger partial charge in [-0.25, -0.2) is 13.1 Å². The Morgan fingerprint density at radius 3 is 2.81 bits per heavy atom. The first-order chi connectivity index (χ1) is 12.0. The van der Waals surface area contributed by atoms with Crippen LogP contribution in [0.15, 0.2) is 34.2 Å². The summed E-state index contributed by atoms with van der Waals surface area (Å²) in [6.45, 7) is 4.76. The molecule has 0 spiro atoms. The van der Waals surface area contributed by atoms with Crippen molar-refractivity contribution in [3.63, 3.8) is 0 Å². The van der Waals surface area contributed by atoms with Crippen LogP contribution in [0.2, 0.25) is 5.02 Å². The quantitative estimate of drug-likeness (QED) is 0.213. The molecule has 26 heavy (non-hydrogen) atoms. The third kappa shape index (κ3) is 7.95. The zero-order valence-electron chi connectivity index (χ0n) is 14.7. The van der Waals surface area contributed by atoms with Gasteiger partial charge in [-0.1, -0.05) is 17.7 Å². The van der Waals surface area contributed by atoms with Crippen LogP contribution in [0.4, 0.5) is 0 Å². The third-order valence-electron chi connectivity index (χ3n) is 3.64. The Labute approximate surface area is 177 Å². The second kappa shape index (κ2) is 12.0. The zero-order valence-corrected chi connectivity index (χ0v) is 18.6. The second-order valence-corrected chi connectivity index (χ2v) is 7.84. The molecule has 1 fully saturated rings. The zero-order chi connectivity index (χ0) is 18.1. The van der Waals surface area contributed by atoms with Crippen LogP contribution in [0.3, 0.4) is 0 Å². The fraction of sp³-hybridized carbons (Fsp3) is 0.562. The van der Waals surface area contributed by atoms with Crippen LogP contribution in [0.25, 0.3) is 0 Å². The lowest BCUT2D eigenvalue weighted by molar-refractivity contribution is 0.117. The van der Waals surface area contributed by atoms with Gasteiger partial charge in [0, 0.05) is 31.3 Å². The summed E-state index contributed by atoms with van der Waals surface area (Å²) < 4.78 is 32.5. The summed E-state index contributed by atoms with van der Waals surface area (Å²) in [7, 11) is -3.57. The van der Waals surface area contributed by atoms with Crippen molar-refractivity contribution in [3.8, 4) is 0 Å². The molecule has 7 nitrogen and oxygen atoms in total. The van der Waals surface area contributed by atoms with Crippen LogP contribution in [-0.4, -0.2) is 53.3 Å². The summed E-state index contributed by atoms with van der Waals surface area (Å²) in [5, 5.41) is 6.63. The minimum atomic E-state index is -3.57. The summed E-state index contributed by atoms with van der Waals surface area (Å²) in [5.74, 6) is 0.653. The van der Waals surface area contributed by atoms with E-state index in [9.17, 15) is 8.42 Å². The van der Waals surface area contributed by atoms with Crippen LogP contribution in [0.1, 0.15) is 19.8 Å². The van der Waals surface area contributed by atoms with Crippen molar-refractivity contribution in [1.82, 2.24) is 15.4 Å². The number of hydrogen-bond donors (Lipinski definition) is 3. The highest BCUT2D eigenvalue weighted by molar-refractivity contribution is 14.0. The first kappa shape index (κ1) is 23.4. The van der Waals surface area contributed by atoms with Gasteiger partial charge in [0.25, 0.3) is 0 Å². The fourth-order valence-electron chi connectivity index (χ4n) is 2.41. The summed E-state index contributed by atoms with van der Waals surface area (Å²) in [4.78, 5) is 4.63. The SMILES string of the molecule is CCNC(=NCC1CCCO1)NCCNS(=O)(=O)c1cccc(Cl)c1.I. The Morgan fingerprint density at radius 2 is 2.15 bits per heavy atom. The predicted molar refractivity (Wildman–Crippen MR) is 115 cm³/mol. The maximum Gasteiger partial charge on any atom is 0.240 e. The molecule has 148 valence electrons. The molecule has 0 aromatic heterocycles. The van der Waals surface area contributed by atoms with Gasteiger partial charge in [0.15, 0.2) is 5.96 Å². The second-order valence-electron chi connectivity index (χ2n) is 5.64. The van der Waals surface area contributed by atoms with Gasteiger partial charge < -0.3 is 15.4 Å². The molecule has 0 aliphatic carbocycles. The van der Waals surface area contributed by atoms with Crippen LogP contribution >= 0.6 is 35.6 Å². The molecule has 1 atom stereocenters. The van der Waals surface area contributed by atoms with E-state index in [0.717, 1.165) is 26.0 Å². The van der Waals surface area contributed by atoms with Crippen LogP contribution in [0, 0.1) is 0 Å². The number of hydrogen-bond acceptors (Lipinski definition) is 4. The van der Waals surface area contributed by atoms with Crippen molar-refractivity contribution >= 4 is 51.6 Å². The Kier molecular flexibility index (Phi) is 10.8. The van der Waals surface area contributed by atoms with E-state index in [1.165, 1.54) is 12.1 Å². The van der Waals surface area contributed by atoms with Gasteiger partial charge in [0.05, 0.1) is 17.5 Å². The van der Waals surface area contributed by atoms with E-state index >= 15 is 0 Å². The highest BCUT2D eigenvalue weighted by Crippen LogP contribution is 2.15. The lowest BCUT2D eigenvalue weighted by Gasteiger charge is -2.13. The number of aliphatic imine (C=N–C) groups is 1. The first-order valence-corrected chi connectivity index (χ1v) is 10.3. The number of benzene rings is 1. The molecule has 1 heterocycles. The molecular formula is C16H26ClIN4O3S. The van der Waals surface area contributed by atoms with E-state index < -0.39 is 10.0 Å². The largest absolute Gasteiger partial charge is 0.376 e. The van der Waals surface area contributed by atoms with Crippen molar-refractivity contribution < 1.29 is 13.2 Å². The average Bonchev–Trinajstić information content (AvgIpc) is 3.10. The smallest absolute Gasteiger partial charge is 0.240 e. The molecule has 0 saturated carbocycles. The molecule has 0 amide bonds. The summed E-state index contributed by atoms with van der Waals surface area (Å²) >= 11 is 5.84. The Morgan fingerprint density at radius 1 is 1.35 bits per heavy atom. The standard InChI is InChI=1S/C16H25ClN4O3S.HI/c1-2-18-16(20-12-14-6-4-10-24-14)19-8-9-21-25(22,23)15-7-3-5-13(17)11-15;/h3,5,7,11,14,21H,2,4,6,8-10,12H2,1H3,(H2,18,19,20);1H. The molecule has 1 aliphatic heterocycles. The molecule has 1 aliphatic rings. The number of ether oxygens (including phenoxy) is 1. The Bertz CT molecular complexity index is 682. The van der Waals surface area contributed by atoms with E-state index in [2.05, 4.69) is 20.3 Å². The summed E-state index contributed by atoms with van der Waals surface area (Å²) in [5.41, 5.74) is 0. The highest BCUT2D eigenvalue weighted by atomic mass is 127. The van der Waals surface area contributed by atoms with Gasteiger partial charge in [-0.15, -0.1) is 24.0 Å². The van der Waals surface area contributed by atoms with Crippen molar-refractivity contribution in [3.05, 3.63) is 29.3 Å². The molecular weight excluding hydrogens is 491 g/mol. The van der Waals surface area contributed by atoms with Gasteiger partial charge in [0.2, 0.25) is 10.0 Å². The van der Waals surface area contributed by atoms with Crippen molar-refractivity contribution in [2.24, 2.45) is 4.99 Å². The molecule has 1 saturated heterocycles.